The molecule has 5 rings (SSSR count). The Balaban J connectivity index is 1.39. The molecule has 2 fully saturated rings. The summed E-state index contributed by atoms with van der Waals surface area (Å²) in [5.74, 6) is 0. The van der Waals surface area contributed by atoms with Gasteiger partial charge in [0.05, 0.1) is 16.9 Å². The summed E-state index contributed by atoms with van der Waals surface area (Å²) in [5, 5.41) is 3.31. The average Bonchev–Trinajstić information content (AvgIpc) is 3.26. The molecule has 5 heteroatoms. The summed E-state index contributed by atoms with van der Waals surface area (Å²) < 4.78 is 2.37. The van der Waals surface area contributed by atoms with Gasteiger partial charge in [-0.25, -0.2) is 4.79 Å². The van der Waals surface area contributed by atoms with Gasteiger partial charge in [0.15, 0.2) is 0 Å². The number of likely N-dealkylation sites (tertiary alicyclic amines) is 1. The van der Waals surface area contributed by atoms with Crippen LogP contribution in [-0.4, -0.2) is 41.2 Å². The van der Waals surface area contributed by atoms with E-state index in [1.165, 1.54) is 41.9 Å². The second-order valence-electron chi connectivity index (χ2n) is 9.30. The fraction of sp³-hybridized carbons (Fsp3) is 0.560. The van der Waals surface area contributed by atoms with Crippen LogP contribution in [-0.2, 0) is 5.54 Å². The van der Waals surface area contributed by atoms with Crippen molar-refractivity contribution in [2.75, 3.05) is 24.5 Å². The van der Waals surface area contributed by atoms with E-state index in [0.29, 0.717) is 6.04 Å². The minimum Gasteiger partial charge on any atom is -0.359 e. The lowest BCUT2D eigenvalue weighted by Crippen LogP contribution is -2.58. The van der Waals surface area contributed by atoms with Crippen LogP contribution in [0.1, 0.15) is 63.1 Å². The molecule has 2 amide bonds. The Morgan fingerprint density at radius 1 is 1.10 bits per heavy atom. The number of amides is 2. The number of piperidine rings is 1. The lowest BCUT2D eigenvalue weighted by molar-refractivity contribution is 0.146. The molecule has 2 aromatic rings. The van der Waals surface area contributed by atoms with Crippen molar-refractivity contribution in [3.8, 4) is 5.69 Å². The van der Waals surface area contributed by atoms with Gasteiger partial charge in [0.2, 0.25) is 0 Å². The van der Waals surface area contributed by atoms with Crippen LogP contribution in [0.3, 0.4) is 0 Å². The first-order valence-electron chi connectivity index (χ1n) is 11.7. The third-order valence-corrected chi connectivity index (χ3v) is 7.55. The lowest BCUT2D eigenvalue weighted by atomic mass is 9.80. The third-order valence-electron chi connectivity index (χ3n) is 7.55. The first kappa shape index (κ1) is 19.5. The molecule has 0 radical (unpaired) electrons. The van der Waals surface area contributed by atoms with Gasteiger partial charge in [-0.1, -0.05) is 25.3 Å². The van der Waals surface area contributed by atoms with E-state index in [1.807, 2.05) is 4.90 Å². The number of carbonyl (C=O) groups is 1. The molecule has 0 bridgehead atoms. The second kappa shape index (κ2) is 7.68. The highest BCUT2D eigenvalue weighted by Gasteiger charge is 2.47. The highest BCUT2D eigenvalue weighted by atomic mass is 16.2. The Labute approximate surface area is 180 Å². The van der Waals surface area contributed by atoms with E-state index < -0.39 is 0 Å². The van der Waals surface area contributed by atoms with E-state index in [9.17, 15) is 4.79 Å². The summed E-state index contributed by atoms with van der Waals surface area (Å²) in [5.41, 5.74) is 5.21. The molecule has 3 heterocycles. The zero-order valence-corrected chi connectivity index (χ0v) is 18.4. The van der Waals surface area contributed by atoms with Gasteiger partial charge in [0, 0.05) is 37.6 Å². The molecule has 2 aliphatic heterocycles. The number of urea groups is 1. The summed E-state index contributed by atoms with van der Waals surface area (Å²) in [4.78, 5) is 17.6. The zero-order chi connectivity index (χ0) is 20.7. The number of rotatable bonds is 2. The monoisotopic (exact) mass is 406 g/mol. The van der Waals surface area contributed by atoms with Gasteiger partial charge in [-0.05, 0) is 69.4 Å². The smallest absolute Gasteiger partial charge is 0.317 e. The number of aromatic nitrogens is 1. The van der Waals surface area contributed by atoms with Crippen molar-refractivity contribution in [3.63, 3.8) is 0 Å². The van der Waals surface area contributed by atoms with Crippen LogP contribution in [0.2, 0.25) is 0 Å². The minimum atomic E-state index is -0.0410. The number of carbonyl (C=O) groups excluding carboxylic acids is 1. The van der Waals surface area contributed by atoms with Crippen molar-refractivity contribution in [1.29, 1.82) is 0 Å². The standard InChI is InChI=1S/C25H34N4O/c1-3-29-22-18-19(2)11-12-21(22)28-15-7-10-23(28)25(29)13-16-27(17-14-25)24(30)26-20-8-5-4-6-9-20/h7,10-12,15,18,20H,3-6,8-9,13-14,16-17H2,1-2H3,(H,26,30). The van der Waals surface area contributed by atoms with Gasteiger partial charge in [-0.2, -0.15) is 0 Å². The quantitative estimate of drug-likeness (QED) is 0.766. The summed E-state index contributed by atoms with van der Waals surface area (Å²) in [6.45, 7) is 7.01. The Kier molecular flexibility index (Phi) is 5.00. The molecule has 1 spiro atoms. The number of nitrogens with zero attached hydrogens (tertiary/aromatic N) is 3. The molecule has 160 valence electrons. The van der Waals surface area contributed by atoms with Crippen molar-refractivity contribution in [2.45, 2.75) is 70.4 Å². The van der Waals surface area contributed by atoms with Crippen molar-refractivity contribution in [2.24, 2.45) is 0 Å². The summed E-state index contributed by atoms with van der Waals surface area (Å²) in [6, 6.07) is 11.7. The van der Waals surface area contributed by atoms with E-state index in [1.54, 1.807) is 0 Å². The molecule has 1 aliphatic carbocycles. The van der Waals surface area contributed by atoms with Crippen LogP contribution >= 0.6 is 0 Å². The number of fused-ring (bicyclic) bond motifs is 4. The minimum absolute atomic E-state index is 0.0410. The molecule has 1 aromatic heterocycles. The van der Waals surface area contributed by atoms with Gasteiger partial charge in [-0.3, -0.25) is 0 Å². The maximum atomic E-state index is 12.9. The highest BCUT2D eigenvalue weighted by molar-refractivity contribution is 5.75. The lowest BCUT2D eigenvalue weighted by Gasteiger charge is -2.53. The molecule has 0 atom stereocenters. The SMILES string of the molecule is CCN1c2cc(C)ccc2-n2cccc2C12CCN(C(=O)NC1CCCCC1)CC2. The second-order valence-corrected chi connectivity index (χ2v) is 9.30. The van der Waals surface area contributed by atoms with E-state index in [4.69, 9.17) is 0 Å². The molecule has 1 N–H and O–H groups in total. The number of nitrogens with one attached hydrogen (secondary N) is 1. The van der Waals surface area contributed by atoms with E-state index >= 15 is 0 Å². The molecular formula is C25H34N4O. The first-order chi connectivity index (χ1) is 14.6. The highest BCUT2D eigenvalue weighted by Crippen LogP contribution is 2.48. The molecule has 1 saturated heterocycles. The van der Waals surface area contributed by atoms with Crippen LogP contribution < -0.4 is 10.2 Å². The van der Waals surface area contributed by atoms with Gasteiger partial charge >= 0.3 is 6.03 Å². The number of benzene rings is 1. The first-order valence-corrected chi connectivity index (χ1v) is 11.7. The Morgan fingerprint density at radius 3 is 2.60 bits per heavy atom. The maximum absolute atomic E-state index is 12.9. The van der Waals surface area contributed by atoms with Gasteiger partial charge in [-0.15, -0.1) is 0 Å². The number of anilines is 1. The van der Waals surface area contributed by atoms with Gasteiger partial charge in [0.1, 0.15) is 0 Å². The molecule has 1 saturated carbocycles. The van der Waals surface area contributed by atoms with E-state index in [-0.39, 0.29) is 11.6 Å². The van der Waals surface area contributed by atoms with Crippen molar-refractivity contribution in [1.82, 2.24) is 14.8 Å². The maximum Gasteiger partial charge on any atom is 0.317 e. The van der Waals surface area contributed by atoms with Crippen LogP contribution in [0, 0.1) is 6.92 Å². The fourth-order valence-electron chi connectivity index (χ4n) is 5.98. The Morgan fingerprint density at radius 2 is 1.87 bits per heavy atom. The molecule has 30 heavy (non-hydrogen) atoms. The molecule has 3 aliphatic rings. The fourth-order valence-corrected chi connectivity index (χ4v) is 5.98. The number of hydrogen-bond donors (Lipinski definition) is 1. The van der Waals surface area contributed by atoms with Gasteiger partial charge < -0.3 is 19.7 Å². The Bertz CT molecular complexity index is 919. The van der Waals surface area contributed by atoms with Crippen LogP contribution in [0.4, 0.5) is 10.5 Å². The van der Waals surface area contributed by atoms with Crippen LogP contribution in [0.25, 0.3) is 5.69 Å². The zero-order valence-electron chi connectivity index (χ0n) is 18.4. The van der Waals surface area contributed by atoms with E-state index in [2.05, 4.69) is 65.2 Å². The summed E-state index contributed by atoms with van der Waals surface area (Å²) in [6.07, 6.45) is 10.2. The normalized spacial score (nSPS) is 20.7. The largest absolute Gasteiger partial charge is 0.359 e. The molecule has 5 nitrogen and oxygen atoms in total. The summed E-state index contributed by atoms with van der Waals surface area (Å²) >= 11 is 0. The topological polar surface area (TPSA) is 40.5 Å². The Hall–Kier alpha value is -2.43. The third kappa shape index (κ3) is 3.10. The molecule has 0 unspecified atom stereocenters. The van der Waals surface area contributed by atoms with Gasteiger partial charge in [0.25, 0.3) is 0 Å². The number of aryl methyl sites for hydroxylation is 1. The molecule has 1 aromatic carbocycles. The predicted octanol–water partition coefficient (Wildman–Crippen LogP) is 4.96. The van der Waals surface area contributed by atoms with Crippen LogP contribution in [0.15, 0.2) is 36.5 Å². The summed E-state index contributed by atoms with van der Waals surface area (Å²) in [7, 11) is 0. The van der Waals surface area contributed by atoms with Crippen molar-refractivity contribution in [3.05, 3.63) is 47.8 Å². The van der Waals surface area contributed by atoms with Crippen LogP contribution in [0.5, 0.6) is 0 Å². The predicted molar refractivity (Wildman–Crippen MR) is 121 cm³/mol. The average molecular weight is 407 g/mol. The number of hydrogen-bond acceptors (Lipinski definition) is 2. The van der Waals surface area contributed by atoms with Crippen molar-refractivity contribution >= 4 is 11.7 Å². The van der Waals surface area contributed by atoms with Crippen molar-refractivity contribution < 1.29 is 4.79 Å². The molecular weight excluding hydrogens is 372 g/mol. The van der Waals surface area contributed by atoms with E-state index in [0.717, 1.165) is 45.3 Å².